The number of primary amides is 1. The van der Waals surface area contributed by atoms with Gasteiger partial charge in [0.25, 0.3) is 5.69 Å². The molecular weight excluding hydrogens is 272 g/mol. The SMILES string of the molecule is CCNc1cc(N2CCCCC2C(N)=O)cc([N+](=O)[O-])c1. The predicted molar refractivity (Wildman–Crippen MR) is 81.4 cm³/mol. The summed E-state index contributed by atoms with van der Waals surface area (Å²) in [6.07, 6.45) is 2.58. The van der Waals surface area contributed by atoms with Gasteiger partial charge in [-0.25, -0.2) is 0 Å². The second-order valence-corrected chi connectivity index (χ2v) is 5.13. The van der Waals surface area contributed by atoms with Crippen LogP contribution < -0.4 is 16.0 Å². The highest BCUT2D eigenvalue weighted by atomic mass is 16.6. The Morgan fingerprint density at radius 2 is 2.24 bits per heavy atom. The van der Waals surface area contributed by atoms with Gasteiger partial charge in [-0.3, -0.25) is 14.9 Å². The van der Waals surface area contributed by atoms with Crippen LogP contribution in [-0.2, 0) is 4.79 Å². The Morgan fingerprint density at radius 3 is 2.86 bits per heavy atom. The molecule has 0 aromatic heterocycles. The molecule has 1 aromatic carbocycles. The maximum absolute atomic E-state index is 11.6. The summed E-state index contributed by atoms with van der Waals surface area (Å²) in [6.45, 7) is 3.27. The zero-order valence-corrected chi connectivity index (χ0v) is 12.0. The topological polar surface area (TPSA) is 102 Å². The third-order valence-electron chi connectivity index (χ3n) is 3.66. The number of piperidine rings is 1. The fourth-order valence-corrected chi connectivity index (χ4v) is 2.71. The number of nitrogens with two attached hydrogens (primary N) is 1. The Labute approximate surface area is 123 Å². The zero-order valence-electron chi connectivity index (χ0n) is 12.0. The number of hydrogen-bond acceptors (Lipinski definition) is 5. The van der Waals surface area contributed by atoms with E-state index in [1.807, 2.05) is 17.9 Å². The Morgan fingerprint density at radius 1 is 1.48 bits per heavy atom. The Bertz CT molecular complexity index is 547. The quantitative estimate of drug-likeness (QED) is 0.637. The smallest absolute Gasteiger partial charge is 0.273 e. The number of amides is 1. The van der Waals surface area contributed by atoms with E-state index < -0.39 is 11.0 Å². The number of nitrogens with one attached hydrogen (secondary N) is 1. The number of non-ortho nitro benzene ring substituents is 1. The summed E-state index contributed by atoms with van der Waals surface area (Å²) >= 11 is 0. The number of carbonyl (C=O) groups excluding carboxylic acids is 1. The van der Waals surface area contributed by atoms with Crippen molar-refractivity contribution in [1.82, 2.24) is 0 Å². The number of rotatable bonds is 5. The van der Waals surface area contributed by atoms with Crippen LogP contribution in [0.4, 0.5) is 17.1 Å². The Kier molecular flexibility index (Phi) is 4.62. The van der Waals surface area contributed by atoms with Crippen molar-refractivity contribution in [3.8, 4) is 0 Å². The molecule has 114 valence electrons. The van der Waals surface area contributed by atoms with Crippen LogP contribution in [0.15, 0.2) is 18.2 Å². The molecule has 1 fully saturated rings. The molecule has 0 radical (unpaired) electrons. The normalized spacial score (nSPS) is 18.3. The number of hydrogen-bond donors (Lipinski definition) is 2. The van der Waals surface area contributed by atoms with Crippen molar-refractivity contribution in [3.63, 3.8) is 0 Å². The number of carbonyl (C=O) groups is 1. The van der Waals surface area contributed by atoms with Gasteiger partial charge in [-0.1, -0.05) is 0 Å². The molecule has 1 unspecified atom stereocenters. The highest BCUT2D eigenvalue weighted by molar-refractivity contribution is 5.84. The highest BCUT2D eigenvalue weighted by Crippen LogP contribution is 2.31. The predicted octanol–water partition coefficient (Wildman–Crippen LogP) is 1.87. The third kappa shape index (κ3) is 3.42. The molecule has 1 aliphatic rings. The van der Waals surface area contributed by atoms with Gasteiger partial charge in [0.2, 0.25) is 5.91 Å². The molecule has 0 aliphatic carbocycles. The summed E-state index contributed by atoms with van der Waals surface area (Å²) < 4.78 is 0. The van der Waals surface area contributed by atoms with E-state index in [-0.39, 0.29) is 11.6 Å². The molecule has 1 aromatic rings. The first-order valence-electron chi connectivity index (χ1n) is 7.12. The molecule has 3 N–H and O–H groups in total. The molecule has 7 nitrogen and oxygen atoms in total. The Balaban J connectivity index is 2.40. The van der Waals surface area contributed by atoms with Crippen molar-refractivity contribution >= 4 is 23.0 Å². The average Bonchev–Trinajstić information content (AvgIpc) is 2.47. The van der Waals surface area contributed by atoms with Crippen LogP contribution in [0.3, 0.4) is 0 Å². The van der Waals surface area contributed by atoms with E-state index in [4.69, 9.17) is 5.73 Å². The fraction of sp³-hybridized carbons (Fsp3) is 0.500. The van der Waals surface area contributed by atoms with Gasteiger partial charge in [0.05, 0.1) is 4.92 Å². The van der Waals surface area contributed by atoms with E-state index in [9.17, 15) is 14.9 Å². The van der Waals surface area contributed by atoms with E-state index in [1.54, 1.807) is 0 Å². The lowest BCUT2D eigenvalue weighted by Gasteiger charge is -2.35. The van der Waals surface area contributed by atoms with E-state index in [1.165, 1.54) is 12.1 Å². The molecule has 0 saturated carbocycles. The van der Waals surface area contributed by atoms with Crippen molar-refractivity contribution in [2.75, 3.05) is 23.3 Å². The monoisotopic (exact) mass is 292 g/mol. The second kappa shape index (κ2) is 6.43. The molecule has 1 heterocycles. The van der Waals surface area contributed by atoms with E-state index in [0.29, 0.717) is 30.9 Å². The molecule has 0 bridgehead atoms. The lowest BCUT2D eigenvalue weighted by Crippen LogP contribution is -2.47. The fourth-order valence-electron chi connectivity index (χ4n) is 2.71. The molecule has 2 rings (SSSR count). The van der Waals surface area contributed by atoms with Crippen LogP contribution >= 0.6 is 0 Å². The van der Waals surface area contributed by atoms with Gasteiger partial charge in [-0.15, -0.1) is 0 Å². The first-order valence-corrected chi connectivity index (χ1v) is 7.12. The average molecular weight is 292 g/mol. The van der Waals surface area contributed by atoms with Crippen molar-refractivity contribution in [2.45, 2.75) is 32.2 Å². The van der Waals surface area contributed by atoms with Crippen LogP contribution in [0.5, 0.6) is 0 Å². The molecule has 7 heteroatoms. The van der Waals surface area contributed by atoms with Crippen LogP contribution in [-0.4, -0.2) is 30.0 Å². The largest absolute Gasteiger partial charge is 0.385 e. The summed E-state index contributed by atoms with van der Waals surface area (Å²) in [5, 5.41) is 14.2. The summed E-state index contributed by atoms with van der Waals surface area (Å²) in [4.78, 5) is 24.1. The van der Waals surface area contributed by atoms with Gasteiger partial charge < -0.3 is 16.0 Å². The van der Waals surface area contributed by atoms with Gasteiger partial charge in [0.1, 0.15) is 6.04 Å². The summed E-state index contributed by atoms with van der Waals surface area (Å²) in [6, 6.07) is 4.44. The number of nitrogens with zero attached hydrogens (tertiary/aromatic N) is 2. The lowest BCUT2D eigenvalue weighted by molar-refractivity contribution is -0.384. The van der Waals surface area contributed by atoms with Crippen LogP contribution in [0.25, 0.3) is 0 Å². The maximum Gasteiger partial charge on any atom is 0.273 e. The lowest BCUT2D eigenvalue weighted by atomic mass is 10.0. The number of nitro benzene ring substituents is 1. The number of anilines is 2. The van der Waals surface area contributed by atoms with Crippen LogP contribution in [0, 0.1) is 10.1 Å². The first-order chi connectivity index (χ1) is 10.0. The van der Waals surface area contributed by atoms with E-state index in [2.05, 4.69) is 5.32 Å². The second-order valence-electron chi connectivity index (χ2n) is 5.13. The van der Waals surface area contributed by atoms with Gasteiger partial charge >= 0.3 is 0 Å². The summed E-state index contributed by atoms with van der Waals surface area (Å²) in [5.74, 6) is -0.383. The molecule has 0 spiro atoms. The molecule has 21 heavy (non-hydrogen) atoms. The molecule has 1 saturated heterocycles. The third-order valence-corrected chi connectivity index (χ3v) is 3.66. The molecular formula is C14H20N4O3. The van der Waals surface area contributed by atoms with Gasteiger partial charge in [-0.2, -0.15) is 0 Å². The van der Waals surface area contributed by atoms with Gasteiger partial charge in [-0.05, 0) is 32.3 Å². The van der Waals surface area contributed by atoms with Crippen LogP contribution in [0.1, 0.15) is 26.2 Å². The highest BCUT2D eigenvalue weighted by Gasteiger charge is 2.28. The van der Waals surface area contributed by atoms with Crippen molar-refractivity contribution in [1.29, 1.82) is 0 Å². The van der Waals surface area contributed by atoms with Gasteiger partial charge in [0, 0.05) is 36.6 Å². The standard InChI is InChI=1S/C14H20N4O3/c1-2-16-10-7-11(9-12(8-10)18(20)21)17-6-4-3-5-13(17)14(15)19/h7-9,13,16H,2-6H2,1H3,(H2,15,19). The molecule has 1 aliphatic heterocycles. The molecule has 1 amide bonds. The maximum atomic E-state index is 11.6. The Hall–Kier alpha value is -2.31. The van der Waals surface area contributed by atoms with E-state index >= 15 is 0 Å². The minimum atomic E-state index is -0.423. The van der Waals surface area contributed by atoms with Gasteiger partial charge in [0.15, 0.2) is 0 Å². The van der Waals surface area contributed by atoms with E-state index in [0.717, 1.165) is 12.8 Å². The minimum Gasteiger partial charge on any atom is -0.385 e. The summed E-state index contributed by atoms with van der Waals surface area (Å²) in [5.41, 5.74) is 6.82. The van der Waals surface area contributed by atoms with Crippen LogP contribution in [0.2, 0.25) is 0 Å². The number of benzene rings is 1. The molecule has 1 atom stereocenters. The minimum absolute atomic E-state index is 0.0113. The summed E-state index contributed by atoms with van der Waals surface area (Å²) in [7, 11) is 0. The van der Waals surface area contributed by atoms with Crippen molar-refractivity contribution in [2.24, 2.45) is 5.73 Å². The zero-order chi connectivity index (χ0) is 15.4. The van der Waals surface area contributed by atoms with Crippen molar-refractivity contribution < 1.29 is 9.72 Å². The number of nitro groups is 1. The first kappa shape index (κ1) is 15.1. The van der Waals surface area contributed by atoms with Crippen molar-refractivity contribution in [3.05, 3.63) is 28.3 Å².